The molecule has 4 heteroatoms. The van der Waals surface area contributed by atoms with Gasteiger partial charge < -0.3 is 13.6 Å². The van der Waals surface area contributed by atoms with Crippen molar-refractivity contribution < 1.29 is 13.6 Å². The first-order valence-corrected chi connectivity index (χ1v) is 10.6. The normalized spacial score (nSPS) is 17.2. The Kier molecular flexibility index (Phi) is 6.62. The van der Waals surface area contributed by atoms with Gasteiger partial charge in [0.25, 0.3) is 0 Å². The van der Waals surface area contributed by atoms with Crippen LogP contribution in [0.25, 0.3) is 0 Å². The first-order chi connectivity index (χ1) is 10.7. The van der Waals surface area contributed by atoms with Crippen LogP contribution in [0.4, 0.5) is 0 Å². The minimum atomic E-state index is -2.42. The summed E-state index contributed by atoms with van der Waals surface area (Å²) in [5.74, 6) is 0. The van der Waals surface area contributed by atoms with Gasteiger partial charge >= 0.3 is 8.56 Å². The van der Waals surface area contributed by atoms with Gasteiger partial charge in [-0.05, 0) is 24.4 Å². The van der Waals surface area contributed by atoms with Crippen LogP contribution in [0.2, 0.25) is 6.04 Å². The Morgan fingerprint density at radius 1 is 1.00 bits per heavy atom. The molecule has 1 aromatic carbocycles. The molecule has 0 atom stereocenters. The highest BCUT2D eigenvalue weighted by atomic mass is 28.4. The van der Waals surface area contributed by atoms with Gasteiger partial charge in [0.2, 0.25) is 0 Å². The van der Waals surface area contributed by atoms with E-state index in [2.05, 4.69) is 51.1 Å². The summed E-state index contributed by atoms with van der Waals surface area (Å²) in [5.41, 5.74) is 0.240. The molecular weight excluding hydrogens is 292 g/mol. The molecule has 0 unspecified atom stereocenters. The van der Waals surface area contributed by atoms with Crippen LogP contribution in [0.3, 0.4) is 0 Å². The Morgan fingerprint density at radius 3 is 2.00 bits per heavy atom. The number of hydrogen-bond acceptors (Lipinski definition) is 3. The molecule has 22 heavy (non-hydrogen) atoms. The minimum absolute atomic E-state index is 0.240. The fourth-order valence-electron chi connectivity index (χ4n) is 2.95. The van der Waals surface area contributed by atoms with E-state index in [1.165, 1.54) is 5.19 Å². The molecule has 0 saturated carbocycles. The van der Waals surface area contributed by atoms with Crippen LogP contribution in [0.5, 0.6) is 0 Å². The van der Waals surface area contributed by atoms with Gasteiger partial charge in [0.05, 0.1) is 13.2 Å². The van der Waals surface area contributed by atoms with Crippen molar-refractivity contribution in [2.45, 2.75) is 46.1 Å². The van der Waals surface area contributed by atoms with Crippen molar-refractivity contribution in [1.82, 2.24) is 0 Å². The molecule has 0 aromatic heterocycles. The van der Waals surface area contributed by atoms with Crippen molar-refractivity contribution in [2.75, 3.05) is 26.4 Å². The van der Waals surface area contributed by atoms with E-state index in [4.69, 9.17) is 13.6 Å². The zero-order valence-corrected chi connectivity index (χ0v) is 15.3. The predicted octanol–water partition coefficient (Wildman–Crippen LogP) is 3.62. The van der Waals surface area contributed by atoms with Crippen molar-refractivity contribution in [3.8, 4) is 0 Å². The van der Waals surface area contributed by atoms with E-state index in [1.54, 1.807) is 0 Å². The summed E-state index contributed by atoms with van der Waals surface area (Å²) in [7, 11) is -2.42. The summed E-state index contributed by atoms with van der Waals surface area (Å²) < 4.78 is 18.5. The fourth-order valence-corrected chi connectivity index (χ4v) is 6.99. The summed E-state index contributed by atoms with van der Waals surface area (Å²) in [6.45, 7) is 9.80. The second-order valence-corrected chi connectivity index (χ2v) is 9.35. The third-order valence-electron chi connectivity index (χ3n) is 4.47. The summed E-state index contributed by atoms with van der Waals surface area (Å²) in [5, 5.41) is 1.26. The van der Waals surface area contributed by atoms with Gasteiger partial charge in [0.15, 0.2) is 0 Å². The summed E-state index contributed by atoms with van der Waals surface area (Å²) in [4.78, 5) is 0. The molecule has 124 valence electrons. The quantitative estimate of drug-likeness (QED) is 0.616. The molecule has 1 saturated heterocycles. The van der Waals surface area contributed by atoms with Gasteiger partial charge in [-0.25, -0.2) is 0 Å². The first-order valence-electron chi connectivity index (χ1n) is 8.61. The molecule has 3 nitrogen and oxygen atoms in total. The molecule has 2 rings (SSSR count). The Hall–Kier alpha value is -0.683. The average Bonchev–Trinajstić information content (AvgIpc) is 2.54. The van der Waals surface area contributed by atoms with Crippen LogP contribution in [-0.2, 0) is 13.6 Å². The SMILES string of the molecule is CCCO[Si](CC1(CC)COC1)(OCCC)c1ccccc1. The van der Waals surface area contributed by atoms with E-state index < -0.39 is 8.56 Å². The van der Waals surface area contributed by atoms with E-state index in [-0.39, 0.29) is 5.41 Å². The van der Waals surface area contributed by atoms with Gasteiger partial charge in [-0.15, -0.1) is 0 Å². The molecule has 1 fully saturated rings. The lowest BCUT2D eigenvalue weighted by Gasteiger charge is -2.46. The zero-order valence-electron chi connectivity index (χ0n) is 14.3. The molecule has 0 amide bonds. The fraction of sp³-hybridized carbons (Fsp3) is 0.667. The Labute approximate surface area is 136 Å². The van der Waals surface area contributed by atoms with E-state index in [0.29, 0.717) is 0 Å². The van der Waals surface area contributed by atoms with Gasteiger partial charge in [0, 0.05) is 24.7 Å². The van der Waals surface area contributed by atoms with E-state index >= 15 is 0 Å². The topological polar surface area (TPSA) is 27.7 Å². The number of rotatable bonds is 10. The van der Waals surface area contributed by atoms with Crippen LogP contribution in [0, 0.1) is 5.41 Å². The van der Waals surface area contributed by atoms with Crippen LogP contribution < -0.4 is 5.19 Å². The number of benzene rings is 1. The van der Waals surface area contributed by atoms with Crippen molar-refractivity contribution in [3.05, 3.63) is 30.3 Å². The third-order valence-corrected chi connectivity index (χ3v) is 8.24. The van der Waals surface area contributed by atoms with Gasteiger partial charge in [-0.1, -0.05) is 51.1 Å². The number of hydrogen-bond donors (Lipinski definition) is 0. The van der Waals surface area contributed by atoms with Crippen LogP contribution in [0.1, 0.15) is 40.0 Å². The highest BCUT2D eigenvalue weighted by Gasteiger charge is 2.50. The molecule has 1 heterocycles. The summed E-state index contributed by atoms with van der Waals surface area (Å²) >= 11 is 0. The number of ether oxygens (including phenoxy) is 1. The maximum absolute atomic E-state index is 6.46. The van der Waals surface area contributed by atoms with Gasteiger partial charge in [-0.2, -0.15) is 0 Å². The third kappa shape index (κ3) is 3.99. The second kappa shape index (κ2) is 8.25. The Bertz CT molecular complexity index is 418. The van der Waals surface area contributed by atoms with Crippen LogP contribution in [0.15, 0.2) is 30.3 Å². The largest absolute Gasteiger partial charge is 0.391 e. The Balaban J connectivity index is 2.30. The standard InChI is InChI=1S/C18H30O3Si/c1-4-12-20-22(21-13-5-2,17-10-8-7-9-11-17)16-18(6-3)14-19-15-18/h7-11H,4-6,12-16H2,1-3H3. The molecule has 0 N–H and O–H groups in total. The van der Waals surface area contributed by atoms with Crippen LogP contribution >= 0.6 is 0 Å². The van der Waals surface area contributed by atoms with Crippen molar-refractivity contribution >= 4 is 13.7 Å². The summed E-state index contributed by atoms with van der Waals surface area (Å²) in [6.07, 6.45) is 3.17. The van der Waals surface area contributed by atoms with E-state index in [1.807, 2.05) is 0 Å². The van der Waals surface area contributed by atoms with Crippen LogP contribution in [-0.4, -0.2) is 35.0 Å². The molecule has 0 spiro atoms. The maximum atomic E-state index is 6.46. The minimum Gasteiger partial charge on any atom is -0.391 e. The van der Waals surface area contributed by atoms with E-state index in [9.17, 15) is 0 Å². The average molecular weight is 323 g/mol. The molecule has 0 aliphatic carbocycles. The highest BCUT2D eigenvalue weighted by Crippen LogP contribution is 2.40. The molecule has 1 aliphatic heterocycles. The first kappa shape index (κ1) is 17.7. The van der Waals surface area contributed by atoms with Crippen molar-refractivity contribution in [2.24, 2.45) is 5.41 Å². The van der Waals surface area contributed by atoms with Crippen molar-refractivity contribution in [3.63, 3.8) is 0 Å². The maximum Gasteiger partial charge on any atom is 0.373 e. The zero-order chi connectivity index (χ0) is 15.9. The highest BCUT2D eigenvalue weighted by molar-refractivity contribution is 6.81. The molecule has 0 radical (unpaired) electrons. The van der Waals surface area contributed by atoms with E-state index in [0.717, 1.165) is 51.7 Å². The molecular formula is C18H30O3Si. The summed E-state index contributed by atoms with van der Waals surface area (Å²) in [6, 6.07) is 11.6. The Morgan fingerprint density at radius 2 is 1.59 bits per heavy atom. The predicted molar refractivity (Wildman–Crippen MR) is 92.7 cm³/mol. The van der Waals surface area contributed by atoms with Crippen molar-refractivity contribution in [1.29, 1.82) is 0 Å². The molecule has 1 aliphatic rings. The molecule has 0 bridgehead atoms. The lowest BCUT2D eigenvalue weighted by atomic mass is 9.85. The smallest absolute Gasteiger partial charge is 0.373 e. The molecule has 1 aromatic rings. The monoisotopic (exact) mass is 322 g/mol. The van der Waals surface area contributed by atoms with Gasteiger partial charge in [-0.3, -0.25) is 0 Å². The lowest BCUT2D eigenvalue weighted by Crippen LogP contribution is -2.60. The second-order valence-electron chi connectivity index (χ2n) is 6.34. The van der Waals surface area contributed by atoms with Gasteiger partial charge in [0.1, 0.15) is 0 Å². The lowest BCUT2D eigenvalue weighted by molar-refractivity contribution is -0.107.